The number of allylic oxidation sites excluding steroid dienone is 2. The molecule has 0 amide bonds. The van der Waals surface area contributed by atoms with Crippen molar-refractivity contribution in [3.05, 3.63) is 34.8 Å². The summed E-state index contributed by atoms with van der Waals surface area (Å²) in [5.41, 5.74) is 5.11. The van der Waals surface area contributed by atoms with Gasteiger partial charge in [0.2, 0.25) is 0 Å². The van der Waals surface area contributed by atoms with Crippen LogP contribution < -0.4 is 5.43 Å². The van der Waals surface area contributed by atoms with Gasteiger partial charge in [-0.05, 0) is 13.0 Å². The average molecular weight is 202 g/mol. The van der Waals surface area contributed by atoms with E-state index < -0.39 is 0 Å². The molecule has 0 aromatic carbocycles. The van der Waals surface area contributed by atoms with Crippen LogP contribution in [0.25, 0.3) is 0 Å². The molecule has 1 atom stereocenters. The van der Waals surface area contributed by atoms with Gasteiger partial charge in [0, 0.05) is 11.8 Å². The zero-order chi connectivity index (χ0) is 11.0. The quantitative estimate of drug-likeness (QED) is 0.513. The van der Waals surface area contributed by atoms with Gasteiger partial charge in [-0.25, -0.2) is 5.43 Å². The highest BCUT2D eigenvalue weighted by atomic mass is 16.5. The van der Waals surface area contributed by atoms with Crippen molar-refractivity contribution in [2.24, 2.45) is 0 Å². The van der Waals surface area contributed by atoms with Crippen LogP contribution in [0.3, 0.4) is 0 Å². The molecule has 2 aliphatic heterocycles. The van der Waals surface area contributed by atoms with Gasteiger partial charge in [-0.1, -0.05) is 5.47 Å². The Labute approximate surface area is 89.6 Å². The minimum atomic E-state index is -0.0294. The van der Waals surface area contributed by atoms with Crippen LogP contribution in [-0.2, 0) is 9.53 Å². The number of hydrazine groups is 1. The molecule has 0 bridgehead atoms. The Morgan fingerprint density at radius 2 is 2.40 bits per heavy atom. The van der Waals surface area contributed by atoms with Gasteiger partial charge < -0.3 is 4.74 Å². The van der Waals surface area contributed by atoms with Gasteiger partial charge in [-0.2, -0.15) is 0 Å². The average Bonchev–Trinajstić information content (AvgIpc) is 2.52. The number of fused-ring (bicyclic) bond motifs is 1. The van der Waals surface area contributed by atoms with Crippen LogP contribution in [0.5, 0.6) is 0 Å². The number of hydrogen-bond donors (Lipinski definition) is 1. The van der Waals surface area contributed by atoms with Crippen molar-refractivity contribution in [3.63, 3.8) is 0 Å². The molecule has 15 heavy (non-hydrogen) atoms. The zero-order valence-electron chi connectivity index (χ0n) is 8.65. The Bertz CT molecular complexity index is 398. The van der Waals surface area contributed by atoms with Crippen LogP contribution in [0.15, 0.2) is 34.8 Å². The van der Waals surface area contributed by atoms with E-state index in [1.165, 1.54) is 0 Å². The molecule has 2 radical (unpaired) electrons. The van der Waals surface area contributed by atoms with Crippen LogP contribution in [0.1, 0.15) is 6.92 Å². The summed E-state index contributed by atoms with van der Waals surface area (Å²) in [7, 11) is 7.26. The van der Waals surface area contributed by atoms with Crippen LogP contribution >= 0.6 is 0 Å². The third kappa shape index (κ3) is 1.49. The molecule has 76 valence electrons. The normalized spacial score (nSPS) is 24.7. The van der Waals surface area contributed by atoms with E-state index in [0.717, 1.165) is 12.0 Å². The number of methoxy groups -OCH3 is 1. The Morgan fingerprint density at radius 3 is 3.00 bits per heavy atom. The minimum absolute atomic E-state index is 0.0294. The lowest BCUT2D eigenvalue weighted by atomic mass is 9.93. The highest BCUT2D eigenvalue weighted by molar-refractivity contribution is 6.23. The third-order valence-corrected chi connectivity index (χ3v) is 2.47. The predicted octanol–water partition coefficient (Wildman–Crippen LogP) is 0.202. The second-order valence-electron chi connectivity index (χ2n) is 3.48. The number of carbonyl (C=O) groups excluding carboxylic acids is 1. The molecular formula is C10H11BN2O2. The summed E-state index contributed by atoms with van der Waals surface area (Å²) in [6.45, 7) is 1.91. The van der Waals surface area contributed by atoms with Crippen molar-refractivity contribution in [2.75, 3.05) is 7.11 Å². The molecule has 0 aliphatic carbocycles. The number of ether oxygens (including phenoxy) is 1. The van der Waals surface area contributed by atoms with Gasteiger partial charge in [-0.3, -0.25) is 9.80 Å². The number of hydrogen-bond acceptors (Lipinski definition) is 4. The van der Waals surface area contributed by atoms with Crippen molar-refractivity contribution < 1.29 is 9.53 Å². The molecule has 1 N–H and O–H groups in total. The van der Waals surface area contributed by atoms with Crippen molar-refractivity contribution in [3.8, 4) is 0 Å². The Hall–Kier alpha value is -1.49. The van der Waals surface area contributed by atoms with Gasteiger partial charge in [-0.15, -0.1) is 0 Å². The number of nitrogens with one attached hydrogen (secondary N) is 1. The number of carbonyl (C=O) groups is 1. The van der Waals surface area contributed by atoms with E-state index in [9.17, 15) is 4.79 Å². The topological polar surface area (TPSA) is 41.6 Å². The summed E-state index contributed by atoms with van der Waals surface area (Å²) >= 11 is 0. The first-order valence-corrected chi connectivity index (χ1v) is 4.65. The summed E-state index contributed by atoms with van der Waals surface area (Å²) in [6.07, 6.45) is 4.27. The Kier molecular flexibility index (Phi) is 2.40. The van der Waals surface area contributed by atoms with Gasteiger partial charge in [0.05, 0.1) is 13.2 Å². The summed E-state index contributed by atoms with van der Waals surface area (Å²) in [5, 5.41) is 1.72. The maximum absolute atomic E-state index is 11.0. The highest BCUT2D eigenvalue weighted by Gasteiger charge is 2.31. The fourth-order valence-electron chi connectivity index (χ4n) is 1.77. The lowest BCUT2D eigenvalue weighted by Crippen LogP contribution is -2.33. The van der Waals surface area contributed by atoms with E-state index in [4.69, 9.17) is 12.6 Å². The fraction of sp³-hybridized carbons (Fsp3) is 0.300. The molecule has 0 aromatic heterocycles. The van der Waals surface area contributed by atoms with Crippen LogP contribution in [0, 0.1) is 0 Å². The lowest BCUT2D eigenvalue weighted by molar-refractivity contribution is -0.105. The van der Waals surface area contributed by atoms with E-state index in [1.54, 1.807) is 24.4 Å². The van der Waals surface area contributed by atoms with E-state index in [2.05, 4.69) is 5.43 Å². The highest BCUT2D eigenvalue weighted by Crippen LogP contribution is 2.30. The Balaban J connectivity index is 2.51. The van der Waals surface area contributed by atoms with Crippen molar-refractivity contribution in [1.82, 2.24) is 10.4 Å². The maximum Gasteiger partial charge on any atom is 0.149 e. The third-order valence-electron chi connectivity index (χ3n) is 2.47. The van der Waals surface area contributed by atoms with Crippen LogP contribution in [0.4, 0.5) is 0 Å². The largest absolute Gasteiger partial charge is 0.495 e. The first kappa shape index (κ1) is 10.0. The summed E-state index contributed by atoms with van der Waals surface area (Å²) in [4.78, 5) is 11.0. The van der Waals surface area contributed by atoms with Crippen molar-refractivity contribution in [2.45, 2.75) is 13.0 Å². The van der Waals surface area contributed by atoms with Crippen molar-refractivity contribution in [1.29, 1.82) is 0 Å². The Morgan fingerprint density at radius 1 is 1.67 bits per heavy atom. The number of rotatable bonds is 2. The van der Waals surface area contributed by atoms with E-state index in [1.807, 2.05) is 6.92 Å². The van der Waals surface area contributed by atoms with Gasteiger partial charge in [0.1, 0.15) is 25.6 Å². The minimum Gasteiger partial charge on any atom is -0.495 e. The molecule has 5 heteroatoms. The smallest absolute Gasteiger partial charge is 0.149 e. The van der Waals surface area contributed by atoms with Crippen molar-refractivity contribution >= 4 is 14.1 Å². The summed E-state index contributed by atoms with van der Waals surface area (Å²) in [6, 6.07) is -0.0294. The predicted molar refractivity (Wildman–Crippen MR) is 56.5 cm³/mol. The molecular weight excluding hydrogens is 191 g/mol. The molecule has 1 unspecified atom stereocenters. The molecule has 2 rings (SSSR count). The molecule has 0 saturated heterocycles. The molecule has 0 fully saturated rings. The van der Waals surface area contributed by atoms with Gasteiger partial charge >= 0.3 is 0 Å². The van der Waals surface area contributed by atoms with Gasteiger partial charge in [0.25, 0.3) is 0 Å². The van der Waals surface area contributed by atoms with E-state index in [0.29, 0.717) is 16.8 Å². The summed E-state index contributed by atoms with van der Waals surface area (Å²) < 4.78 is 5.20. The van der Waals surface area contributed by atoms with Crippen LogP contribution in [-0.4, -0.2) is 32.3 Å². The molecule has 4 nitrogen and oxygen atoms in total. The molecule has 0 saturated carbocycles. The van der Waals surface area contributed by atoms with Crippen LogP contribution in [0.2, 0.25) is 0 Å². The van der Waals surface area contributed by atoms with E-state index in [-0.39, 0.29) is 6.04 Å². The monoisotopic (exact) mass is 202 g/mol. The maximum atomic E-state index is 11.0. The molecule has 2 aliphatic rings. The standard InChI is InChI=1S/C10H11BN2O2/c1-6-8(5-14)10-9(15-2)3-7(11)4-13(10)12-6/h3-6,12H,1-2H3. The SMILES string of the molecule is [B]C1=CN2NC(C)C(C=O)=C2C(OC)=C1. The van der Waals surface area contributed by atoms with E-state index >= 15 is 0 Å². The second-order valence-corrected chi connectivity index (χ2v) is 3.48. The summed E-state index contributed by atoms with van der Waals surface area (Å²) in [5.74, 6) is 0.606. The zero-order valence-corrected chi connectivity index (χ0v) is 8.65. The number of aldehydes is 1. The fourth-order valence-corrected chi connectivity index (χ4v) is 1.77. The number of nitrogens with zero attached hydrogens (tertiary/aromatic N) is 1. The molecule has 0 spiro atoms. The second kappa shape index (κ2) is 3.58. The van der Waals surface area contributed by atoms with Gasteiger partial charge in [0.15, 0.2) is 0 Å². The first-order valence-electron chi connectivity index (χ1n) is 4.65. The lowest BCUT2D eigenvalue weighted by Gasteiger charge is -2.24. The molecule has 2 heterocycles. The molecule has 0 aromatic rings. The first-order chi connectivity index (χ1) is 7.17.